The minimum atomic E-state index is -1.40. The number of carbonyl (C=O) groups is 1. The van der Waals surface area contributed by atoms with E-state index < -0.39 is 22.1 Å². The number of benzene rings is 1. The zero-order chi connectivity index (χ0) is 19.8. The number of hydrogen-bond acceptors (Lipinski definition) is 6. The van der Waals surface area contributed by atoms with E-state index in [1.807, 2.05) is 13.8 Å². The Bertz CT molecular complexity index is 518. The fraction of sp³-hybridized carbons (Fsp3) is 0.588. The predicted octanol–water partition coefficient (Wildman–Crippen LogP) is 4.16. The van der Waals surface area contributed by atoms with Gasteiger partial charge in [0.2, 0.25) is 0 Å². The van der Waals surface area contributed by atoms with E-state index in [0.717, 1.165) is 12.1 Å². The number of nitrogens with zero attached hydrogens (tertiary/aromatic N) is 1. The van der Waals surface area contributed by atoms with Crippen LogP contribution in [0.3, 0.4) is 0 Å². The molecule has 0 heterocycles. The highest BCUT2D eigenvalue weighted by Crippen LogP contribution is 2.34. The Morgan fingerprint density at radius 1 is 1.16 bits per heavy atom. The fourth-order valence-corrected chi connectivity index (χ4v) is 1.53. The summed E-state index contributed by atoms with van der Waals surface area (Å²) in [6.45, 7) is 9.01. The van der Waals surface area contributed by atoms with Crippen LogP contribution in [0.5, 0.6) is 11.5 Å². The number of carboxylic acid groups (broad SMARTS) is 1. The van der Waals surface area contributed by atoms with Gasteiger partial charge in [0.1, 0.15) is 5.56 Å². The van der Waals surface area contributed by atoms with Crippen molar-refractivity contribution >= 4 is 11.7 Å². The van der Waals surface area contributed by atoms with E-state index in [-0.39, 0.29) is 18.1 Å². The molecule has 1 aromatic rings. The Kier molecular flexibility index (Phi) is 15.1. The zero-order valence-corrected chi connectivity index (χ0v) is 15.8. The van der Waals surface area contributed by atoms with Gasteiger partial charge in [-0.05, 0) is 0 Å². The third-order valence-electron chi connectivity index (χ3n) is 2.46. The van der Waals surface area contributed by atoms with Gasteiger partial charge in [0.05, 0.1) is 24.7 Å². The highest BCUT2D eigenvalue weighted by Gasteiger charge is 2.24. The average Bonchev–Trinajstić information content (AvgIpc) is 2.60. The average molecular weight is 359 g/mol. The summed E-state index contributed by atoms with van der Waals surface area (Å²) in [7, 11) is 2.88. The summed E-state index contributed by atoms with van der Waals surface area (Å²) in [6, 6.07) is 2.13. The summed E-state index contributed by atoms with van der Waals surface area (Å²) in [5.41, 5.74) is -0.990. The molecule has 0 amide bonds. The van der Waals surface area contributed by atoms with Crippen LogP contribution in [0.15, 0.2) is 12.1 Å². The first-order valence-corrected chi connectivity index (χ1v) is 8.14. The van der Waals surface area contributed by atoms with Gasteiger partial charge in [-0.3, -0.25) is 10.1 Å². The molecule has 1 rings (SSSR count). The molecule has 0 saturated carbocycles. The Morgan fingerprint density at radius 3 is 2.12 bits per heavy atom. The molecule has 0 aromatic heterocycles. The van der Waals surface area contributed by atoms with E-state index in [1.165, 1.54) is 13.5 Å². The van der Waals surface area contributed by atoms with Gasteiger partial charge in [-0.2, -0.15) is 0 Å². The largest absolute Gasteiger partial charge is 0.493 e. The van der Waals surface area contributed by atoms with Crippen molar-refractivity contribution in [2.75, 3.05) is 27.4 Å². The second-order valence-corrected chi connectivity index (χ2v) is 4.48. The van der Waals surface area contributed by atoms with Crippen LogP contribution in [0.1, 0.15) is 50.9 Å². The normalized spacial score (nSPS) is 9.04. The van der Waals surface area contributed by atoms with E-state index in [4.69, 9.17) is 19.3 Å². The van der Waals surface area contributed by atoms with Crippen molar-refractivity contribution in [3.05, 3.63) is 27.8 Å². The lowest BCUT2D eigenvalue weighted by Crippen LogP contribution is -2.07. The molecule has 0 saturated heterocycles. The Hall–Kier alpha value is -2.35. The maximum Gasteiger partial charge on any atom is 0.342 e. The predicted molar refractivity (Wildman–Crippen MR) is 95.9 cm³/mol. The molecule has 1 aromatic carbocycles. The molecule has 0 bridgehead atoms. The molecule has 8 nitrogen and oxygen atoms in total. The Balaban J connectivity index is 0. The molecular weight excluding hydrogens is 330 g/mol. The monoisotopic (exact) mass is 359 g/mol. The summed E-state index contributed by atoms with van der Waals surface area (Å²) in [5, 5.41) is 19.8. The minimum Gasteiger partial charge on any atom is -0.493 e. The summed E-state index contributed by atoms with van der Waals surface area (Å²) < 4.78 is 15.2. The van der Waals surface area contributed by atoms with Crippen LogP contribution in [-0.4, -0.2) is 43.4 Å². The molecule has 0 aliphatic rings. The Morgan fingerprint density at radius 2 is 1.72 bits per heavy atom. The third-order valence-corrected chi connectivity index (χ3v) is 2.46. The maximum absolute atomic E-state index is 11.0. The molecule has 1 N–H and O–H groups in total. The van der Waals surface area contributed by atoms with Crippen LogP contribution in [-0.2, 0) is 4.74 Å². The number of methoxy groups -OCH3 is 2. The van der Waals surface area contributed by atoms with E-state index in [9.17, 15) is 14.9 Å². The van der Waals surface area contributed by atoms with Crippen LogP contribution in [0.4, 0.5) is 5.69 Å². The van der Waals surface area contributed by atoms with Crippen LogP contribution in [0.25, 0.3) is 0 Å². The number of ether oxygens (including phenoxy) is 3. The van der Waals surface area contributed by atoms with Crippen molar-refractivity contribution in [1.29, 1.82) is 0 Å². The van der Waals surface area contributed by atoms with Crippen LogP contribution in [0.2, 0.25) is 0 Å². The Labute approximate surface area is 148 Å². The van der Waals surface area contributed by atoms with Gasteiger partial charge in [-0.15, -0.1) is 0 Å². The molecule has 0 spiro atoms. The number of hydrogen-bond donors (Lipinski definition) is 1. The second-order valence-electron chi connectivity index (χ2n) is 4.48. The van der Waals surface area contributed by atoms with Gasteiger partial charge in [0, 0.05) is 26.2 Å². The number of aromatic carboxylic acids is 1. The molecule has 0 fully saturated rings. The molecule has 0 radical (unpaired) electrons. The smallest absolute Gasteiger partial charge is 0.342 e. The standard InChI is InChI=1S/C12H15NO7.C3H8.C2H6/c1-18-4-3-5-20-11-7-9(13(16)17)8(12(14)15)6-10(11)19-2;1-3-2;1-2/h6-7H,3-5H2,1-2H3,(H,14,15);3H2,1-2H3;1-2H3. The molecule has 144 valence electrons. The van der Waals surface area contributed by atoms with E-state index in [0.29, 0.717) is 13.0 Å². The molecule has 0 unspecified atom stereocenters. The van der Waals surface area contributed by atoms with Crippen molar-refractivity contribution in [2.45, 2.75) is 40.5 Å². The first kappa shape index (κ1) is 24.9. The van der Waals surface area contributed by atoms with Gasteiger partial charge in [0.15, 0.2) is 11.5 Å². The lowest BCUT2D eigenvalue weighted by atomic mass is 10.1. The van der Waals surface area contributed by atoms with Gasteiger partial charge in [-0.25, -0.2) is 4.79 Å². The van der Waals surface area contributed by atoms with Crippen LogP contribution >= 0.6 is 0 Å². The quantitative estimate of drug-likeness (QED) is 0.422. The zero-order valence-electron chi connectivity index (χ0n) is 15.8. The lowest BCUT2D eigenvalue weighted by molar-refractivity contribution is -0.385. The maximum atomic E-state index is 11.0. The van der Waals surface area contributed by atoms with E-state index in [2.05, 4.69) is 13.8 Å². The summed E-state index contributed by atoms with van der Waals surface area (Å²) in [4.78, 5) is 21.1. The topological polar surface area (TPSA) is 108 Å². The number of nitro benzene ring substituents is 1. The molecule has 0 atom stereocenters. The second kappa shape index (κ2) is 15.2. The summed E-state index contributed by atoms with van der Waals surface area (Å²) >= 11 is 0. The first-order valence-electron chi connectivity index (χ1n) is 8.14. The van der Waals surface area contributed by atoms with Gasteiger partial charge in [0.25, 0.3) is 5.69 Å². The highest BCUT2D eigenvalue weighted by molar-refractivity contribution is 5.93. The third kappa shape index (κ3) is 9.51. The van der Waals surface area contributed by atoms with E-state index >= 15 is 0 Å². The molecule has 0 aliphatic carbocycles. The van der Waals surface area contributed by atoms with Crippen molar-refractivity contribution in [1.82, 2.24) is 0 Å². The van der Waals surface area contributed by atoms with Crippen LogP contribution < -0.4 is 9.47 Å². The molecular formula is C17H29NO7. The minimum absolute atomic E-state index is 0.125. The van der Waals surface area contributed by atoms with Crippen LogP contribution in [0, 0.1) is 10.1 Å². The van der Waals surface area contributed by atoms with Gasteiger partial charge in [-0.1, -0.05) is 34.1 Å². The molecule has 0 aliphatic heterocycles. The number of carboxylic acids is 1. The SMILES string of the molecule is CC.CCC.COCCCOc1cc([N+](=O)[O-])c(C(=O)O)cc1OC. The van der Waals surface area contributed by atoms with Gasteiger partial charge < -0.3 is 19.3 Å². The molecule has 25 heavy (non-hydrogen) atoms. The number of rotatable bonds is 8. The number of nitro groups is 1. The lowest BCUT2D eigenvalue weighted by Gasteiger charge is -2.11. The van der Waals surface area contributed by atoms with Crippen molar-refractivity contribution in [2.24, 2.45) is 0 Å². The molecule has 8 heteroatoms. The summed E-state index contributed by atoms with van der Waals surface area (Å²) in [5.74, 6) is -1.15. The van der Waals surface area contributed by atoms with Crippen molar-refractivity contribution < 1.29 is 29.0 Å². The van der Waals surface area contributed by atoms with Crippen molar-refractivity contribution in [3.8, 4) is 11.5 Å². The fourth-order valence-electron chi connectivity index (χ4n) is 1.53. The van der Waals surface area contributed by atoms with Crippen molar-refractivity contribution in [3.63, 3.8) is 0 Å². The first-order chi connectivity index (χ1) is 11.9. The van der Waals surface area contributed by atoms with Gasteiger partial charge >= 0.3 is 5.97 Å². The highest BCUT2D eigenvalue weighted by atomic mass is 16.6. The summed E-state index contributed by atoms with van der Waals surface area (Å²) in [6.07, 6.45) is 1.84. The van der Waals surface area contributed by atoms with E-state index in [1.54, 1.807) is 7.11 Å².